The summed E-state index contributed by atoms with van der Waals surface area (Å²) in [7, 11) is 0. The lowest BCUT2D eigenvalue weighted by molar-refractivity contribution is 1.47. The largest absolute Gasteiger partial charge is 0.399 e. The Morgan fingerprint density at radius 1 is 0.850 bits per heavy atom. The second kappa shape index (κ2) is 5.11. The predicted molar refractivity (Wildman–Crippen MR) is 85.5 cm³/mol. The Balaban J connectivity index is 2.14. The molecule has 2 N–H and O–H groups in total. The Morgan fingerprint density at radius 3 is 2.55 bits per heavy atom. The smallest absolute Gasteiger partial charge is 0.0356 e. The lowest BCUT2D eigenvalue weighted by Crippen LogP contribution is -1.87. The zero-order valence-corrected chi connectivity index (χ0v) is 11.4. The maximum absolute atomic E-state index is 5.78. The third kappa shape index (κ3) is 2.37. The molecule has 0 aliphatic carbocycles. The highest BCUT2D eigenvalue weighted by molar-refractivity contribution is 5.89. The lowest BCUT2D eigenvalue weighted by Gasteiger charge is -2.04. The molecule has 96 valence electrons. The van der Waals surface area contributed by atoms with E-state index in [1.807, 2.05) is 36.4 Å². The third-order valence-electron chi connectivity index (χ3n) is 3.36. The van der Waals surface area contributed by atoms with Gasteiger partial charge in [0.25, 0.3) is 0 Å². The van der Waals surface area contributed by atoms with Gasteiger partial charge in [-0.05, 0) is 41.5 Å². The zero-order valence-electron chi connectivity index (χ0n) is 11.4. The lowest BCUT2D eigenvalue weighted by atomic mass is 10.00. The maximum atomic E-state index is 5.78. The zero-order chi connectivity index (χ0) is 13.9. The molecule has 0 atom stereocenters. The third-order valence-corrected chi connectivity index (χ3v) is 3.36. The highest BCUT2D eigenvalue weighted by Gasteiger charge is 2.01. The van der Waals surface area contributed by atoms with E-state index in [1.54, 1.807) is 0 Å². The van der Waals surface area contributed by atoms with E-state index in [0.717, 1.165) is 16.8 Å². The number of aryl methyl sites for hydroxylation is 1. The van der Waals surface area contributed by atoms with Crippen LogP contribution in [0, 0.1) is 18.8 Å². The molecule has 0 saturated carbocycles. The van der Waals surface area contributed by atoms with E-state index in [9.17, 15) is 0 Å². The van der Waals surface area contributed by atoms with Crippen LogP contribution < -0.4 is 5.73 Å². The van der Waals surface area contributed by atoms with Gasteiger partial charge in [0.15, 0.2) is 0 Å². The van der Waals surface area contributed by atoms with E-state index in [-0.39, 0.29) is 0 Å². The molecule has 20 heavy (non-hydrogen) atoms. The normalized spacial score (nSPS) is 10.1. The van der Waals surface area contributed by atoms with Gasteiger partial charge in [-0.25, -0.2) is 0 Å². The summed E-state index contributed by atoms with van der Waals surface area (Å²) in [6.07, 6.45) is 0. The van der Waals surface area contributed by atoms with Gasteiger partial charge in [0.2, 0.25) is 0 Å². The SMILES string of the molecule is Cc1ccc2ccccc2c1C#Cc1cccc(N)c1. The van der Waals surface area contributed by atoms with E-state index in [2.05, 4.69) is 43.0 Å². The summed E-state index contributed by atoms with van der Waals surface area (Å²) in [6, 6.07) is 20.2. The molecule has 0 radical (unpaired) electrons. The number of hydrogen-bond donors (Lipinski definition) is 1. The van der Waals surface area contributed by atoms with Crippen molar-refractivity contribution < 1.29 is 0 Å². The Kier molecular flexibility index (Phi) is 3.15. The van der Waals surface area contributed by atoms with Crippen LogP contribution in [0.1, 0.15) is 16.7 Å². The van der Waals surface area contributed by atoms with Crippen molar-refractivity contribution in [2.24, 2.45) is 0 Å². The number of hydrogen-bond acceptors (Lipinski definition) is 1. The minimum atomic E-state index is 0.742. The first kappa shape index (κ1) is 12.3. The van der Waals surface area contributed by atoms with Gasteiger partial charge in [0.05, 0.1) is 0 Å². The van der Waals surface area contributed by atoms with Gasteiger partial charge in [-0.2, -0.15) is 0 Å². The van der Waals surface area contributed by atoms with E-state index in [4.69, 9.17) is 5.73 Å². The fourth-order valence-electron chi connectivity index (χ4n) is 2.30. The van der Waals surface area contributed by atoms with Crippen molar-refractivity contribution in [1.82, 2.24) is 0 Å². The minimum Gasteiger partial charge on any atom is -0.399 e. The topological polar surface area (TPSA) is 26.0 Å². The Bertz CT molecular complexity index is 835. The summed E-state index contributed by atoms with van der Waals surface area (Å²) in [6.45, 7) is 2.09. The molecule has 3 aromatic rings. The van der Waals surface area contributed by atoms with E-state index in [0.29, 0.717) is 0 Å². The van der Waals surface area contributed by atoms with Gasteiger partial charge in [0.1, 0.15) is 0 Å². The number of benzene rings is 3. The molecule has 3 aromatic carbocycles. The molecule has 1 nitrogen and oxygen atoms in total. The minimum absolute atomic E-state index is 0.742. The second-order valence-corrected chi connectivity index (χ2v) is 4.85. The first-order valence-corrected chi connectivity index (χ1v) is 6.60. The monoisotopic (exact) mass is 257 g/mol. The summed E-state index contributed by atoms with van der Waals surface area (Å²) >= 11 is 0. The average Bonchev–Trinajstić information content (AvgIpc) is 2.46. The van der Waals surface area contributed by atoms with Crippen LogP contribution in [0.15, 0.2) is 60.7 Å². The van der Waals surface area contributed by atoms with Crippen LogP contribution in [0.2, 0.25) is 0 Å². The van der Waals surface area contributed by atoms with E-state index < -0.39 is 0 Å². The Labute approximate surface area is 119 Å². The number of nitrogens with two attached hydrogens (primary N) is 1. The van der Waals surface area contributed by atoms with Crippen LogP contribution in [-0.4, -0.2) is 0 Å². The van der Waals surface area contributed by atoms with Gasteiger partial charge >= 0.3 is 0 Å². The van der Waals surface area contributed by atoms with Crippen LogP contribution in [0.5, 0.6) is 0 Å². The molecule has 1 heteroatoms. The second-order valence-electron chi connectivity index (χ2n) is 4.85. The summed E-state index contributed by atoms with van der Waals surface area (Å²) < 4.78 is 0. The maximum Gasteiger partial charge on any atom is 0.0356 e. The van der Waals surface area contributed by atoms with E-state index in [1.165, 1.54) is 16.3 Å². The van der Waals surface area contributed by atoms with Crippen molar-refractivity contribution in [3.63, 3.8) is 0 Å². The summed E-state index contributed by atoms with van der Waals surface area (Å²) in [5.41, 5.74) is 9.75. The van der Waals surface area contributed by atoms with Gasteiger partial charge in [-0.3, -0.25) is 0 Å². The van der Waals surface area contributed by atoms with Gasteiger partial charge in [-0.1, -0.05) is 54.3 Å². The molecule has 0 aliphatic heterocycles. The molecule has 0 saturated heterocycles. The highest BCUT2D eigenvalue weighted by atomic mass is 14.5. The quantitative estimate of drug-likeness (QED) is 0.475. The molecule has 0 spiro atoms. The molecular formula is C19H15N. The predicted octanol–water partition coefficient (Wildman–Crippen LogP) is 4.13. The van der Waals surface area contributed by atoms with Crippen molar-refractivity contribution >= 4 is 16.5 Å². The highest BCUT2D eigenvalue weighted by Crippen LogP contribution is 2.21. The summed E-state index contributed by atoms with van der Waals surface area (Å²) in [5, 5.41) is 2.42. The van der Waals surface area contributed by atoms with Crippen LogP contribution >= 0.6 is 0 Å². The molecule has 0 aliphatic rings. The summed E-state index contributed by atoms with van der Waals surface area (Å²) in [4.78, 5) is 0. The van der Waals surface area contributed by atoms with Crippen molar-refractivity contribution in [3.05, 3.63) is 77.4 Å². The van der Waals surface area contributed by atoms with Gasteiger partial charge in [-0.15, -0.1) is 0 Å². The standard InChI is InChI=1S/C19H15N/c1-14-9-11-16-6-2-3-8-19(16)18(14)12-10-15-5-4-7-17(20)13-15/h2-9,11,13H,20H2,1H3. The molecule has 0 fully saturated rings. The Hall–Kier alpha value is -2.72. The van der Waals surface area contributed by atoms with Crippen LogP contribution in [0.3, 0.4) is 0 Å². The molecule has 0 bridgehead atoms. The van der Waals surface area contributed by atoms with Crippen LogP contribution in [0.25, 0.3) is 10.8 Å². The fourth-order valence-corrected chi connectivity index (χ4v) is 2.30. The number of fused-ring (bicyclic) bond motifs is 1. The number of anilines is 1. The van der Waals surface area contributed by atoms with E-state index >= 15 is 0 Å². The number of rotatable bonds is 0. The van der Waals surface area contributed by atoms with Crippen molar-refractivity contribution in [2.45, 2.75) is 6.92 Å². The van der Waals surface area contributed by atoms with Crippen molar-refractivity contribution in [3.8, 4) is 11.8 Å². The molecule has 0 heterocycles. The van der Waals surface area contributed by atoms with Crippen molar-refractivity contribution in [2.75, 3.05) is 5.73 Å². The van der Waals surface area contributed by atoms with Gasteiger partial charge < -0.3 is 5.73 Å². The van der Waals surface area contributed by atoms with Crippen molar-refractivity contribution in [1.29, 1.82) is 0 Å². The molecule has 0 unspecified atom stereocenters. The van der Waals surface area contributed by atoms with Gasteiger partial charge in [0, 0.05) is 16.8 Å². The average molecular weight is 257 g/mol. The first-order chi connectivity index (χ1) is 9.74. The number of nitrogen functional groups attached to an aromatic ring is 1. The first-order valence-electron chi connectivity index (χ1n) is 6.60. The Morgan fingerprint density at radius 2 is 1.70 bits per heavy atom. The molecule has 0 amide bonds. The fraction of sp³-hybridized carbons (Fsp3) is 0.0526. The molecular weight excluding hydrogens is 242 g/mol. The molecule has 3 rings (SSSR count). The molecule has 0 aromatic heterocycles. The summed E-state index contributed by atoms with van der Waals surface area (Å²) in [5.74, 6) is 6.50. The van der Waals surface area contributed by atoms with Crippen LogP contribution in [-0.2, 0) is 0 Å². The van der Waals surface area contributed by atoms with Crippen LogP contribution in [0.4, 0.5) is 5.69 Å².